The van der Waals surface area contributed by atoms with Gasteiger partial charge in [-0.2, -0.15) is 13.2 Å². The van der Waals surface area contributed by atoms with E-state index in [0.29, 0.717) is 6.07 Å². The van der Waals surface area contributed by atoms with Crippen molar-refractivity contribution in [3.63, 3.8) is 0 Å². The largest absolute Gasteiger partial charge is 0.481 e. The van der Waals surface area contributed by atoms with Crippen molar-refractivity contribution in [1.29, 1.82) is 0 Å². The predicted octanol–water partition coefficient (Wildman–Crippen LogP) is 7.45. The number of alkyl halides is 3. The SMILES string of the molecule is Cc1cc(-c2c(Cl)cc(F)cc2Cl)cc([C@H](CC(=O)O)NC(=O)C(CC(C)C)n2cc(CCN(C)C)c(C(F)(F)F)cc2=O)c1F. The number of aromatic nitrogens is 1. The number of likely N-dealkylation sites (N-methyl/N-ethyl adjacent to an activating group) is 1. The monoisotopic (exact) mass is 689 g/mol. The van der Waals surface area contributed by atoms with Crippen LogP contribution in [0.4, 0.5) is 22.0 Å². The zero-order valence-corrected chi connectivity index (χ0v) is 27.2. The predicted molar refractivity (Wildman–Crippen MR) is 166 cm³/mol. The number of aliphatic carboxylic acids is 1. The number of rotatable bonds is 12. The molecule has 250 valence electrons. The summed E-state index contributed by atoms with van der Waals surface area (Å²) in [6.07, 6.45) is -4.69. The highest BCUT2D eigenvalue weighted by Crippen LogP contribution is 2.39. The summed E-state index contributed by atoms with van der Waals surface area (Å²) in [5, 5.41) is 12.0. The van der Waals surface area contributed by atoms with Gasteiger partial charge in [-0.3, -0.25) is 14.4 Å². The summed E-state index contributed by atoms with van der Waals surface area (Å²) in [7, 11) is 3.35. The van der Waals surface area contributed by atoms with E-state index in [0.717, 1.165) is 22.9 Å². The first-order chi connectivity index (χ1) is 21.3. The van der Waals surface area contributed by atoms with Crippen LogP contribution in [0, 0.1) is 24.5 Å². The van der Waals surface area contributed by atoms with Gasteiger partial charge in [0, 0.05) is 29.9 Å². The number of aryl methyl sites for hydroxylation is 1. The van der Waals surface area contributed by atoms with E-state index in [4.69, 9.17) is 23.2 Å². The van der Waals surface area contributed by atoms with Crippen LogP contribution in [0.2, 0.25) is 10.0 Å². The zero-order chi connectivity index (χ0) is 34.7. The summed E-state index contributed by atoms with van der Waals surface area (Å²) in [5.74, 6) is -4.10. The Bertz CT molecular complexity index is 1650. The van der Waals surface area contributed by atoms with Crippen LogP contribution in [-0.4, -0.2) is 47.1 Å². The fourth-order valence-corrected chi connectivity index (χ4v) is 5.81. The summed E-state index contributed by atoms with van der Waals surface area (Å²) in [4.78, 5) is 40.5. The Kier molecular flexibility index (Phi) is 12.0. The van der Waals surface area contributed by atoms with Crippen LogP contribution in [0.15, 0.2) is 41.3 Å². The Labute approximate surface area is 272 Å². The Morgan fingerprint density at radius 3 is 2.17 bits per heavy atom. The Hall–Kier alpha value is -3.48. The number of nitrogens with zero attached hydrogens (tertiary/aromatic N) is 2. The number of carboxylic acids is 1. The third-order valence-electron chi connectivity index (χ3n) is 7.28. The van der Waals surface area contributed by atoms with Crippen molar-refractivity contribution in [2.75, 3.05) is 20.6 Å². The summed E-state index contributed by atoms with van der Waals surface area (Å²) in [6, 6.07) is 2.21. The molecule has 7 nitrogen and oxygen atoms in total. The van der Waals surface area contributed by atoms with Gasteiger partial charge in [-0.15, -0.1) is 0 Å². The molecule has 0 aliphatic rings. The number of nitrogens with one attached hydrogen (secondary N) is 1. The van der Waals surface area contributed by atoms with E-state index in [1.165, 1.54) is 19.1 Å². The van der Waals surface area contributed by atoms with Crippen LogP contribution in [0.3, 0.4) is 0 Å². The van der Waals surface area contributed by atoms with Crippen LogP contribution < -0.4 is 10.9 Å². The first-order valence-corrected chi connectivity index (χ1v) is 15.0. The van der Waals surface area contributed by atoms with Gasteiger partial charge in [0.05, 0.1) is 28.1 Å². The molecule has 1 aromatic heterocycles. The Balaban J connectivity index is 2.15. The molecule has 0 radical (unpaired) electrons. The number of pyridine rings is 1. The topological polar surface area (TPSA) is 91.6 Å². The van der Waals surface area contributed by atoms with Gasteiger partial charge in [-0.05, 0) is 80.7 Å². The molecule has 1 heterocycles. The van der Waals surface area contributed by atoms with E-state index in [-0.39, 0.29) is 63.2 Å². The second-order valence-electron chi connectivity index (χ2n) is 11.8. The summed E-state index contributed by atoms with van der Waals surface area (Å²) >= 11 is 12.5. The van der Waals surface area contributed by atoms with Crippen molar-refractivity contribution < 1.29 is 36.6 Å². The fraction of sp³-hybridized carbons (Fsp3) is 0.406. The third kappa shape index (κ3) is 9.07. The Morgan fingerprint density at radius 2 is 1.65 bits per heavy atom. The number of halogens is 7. The molecule has 3 rings (SSSR count). The minimum absolute atomic E-state index is 0.00758. The number of carbonyl (C=O) groups is 2. The maximum Gasteiger partial charge on any atom is 0.416 e. The van der Waals surface area contributed by atoms with Crippen LogP contribution in [0.25, 0.3) is 11.1 Å². The fourth-order valence-electron chi connectivity index (χ4n) is 5.13. The summed E-state index contributed by atoms with van der Waals surface area (Å²) < 4.78 is 72.0. The smallest absolute Gasteiger partial charge is 0.416 e. The molecule has 1 unspecified atom stereocenters. The van der Waals surface area contributed by atoms with Gasteiger partial charge < -0.3 is 19.9 Å². The van der Waals surface area contributed by atoms with Crippen molar-refractivity contribution in [3.8, 4) is 11.1 Å². The van der Waals surface area contributed by atoms with Crippen molar-refractivity contribution >= 4 is 35.1 Å². The van der Waals surface area contributed by atoms with Crippen LogP contribution in [-0.2, 0) is 22.2 Å². The average molecular weight is 691 g/mol. The highest BCUT2D eigenvalue weighted by Gasteiger charge is 2.36. The number of benzene rings is 2. The number of carbonyl (C=O) groups excluding carboxylic acids is 1. The first-order valence-electron chi connectivity index (χ1n) is 14.2. The molecule has 2 aromatic carbocycles. The van der Waals surface area contributed by atoms with E-state index >= 15 is 4.39 Å². The van der Waals surface area contributed by atoms with Crippen LogP contribution >= 0.6 is 23.2 Å². The summed E-state index contributed by atoms with van der Waals surface area (Å²) in [5.41, 5.74) is -2.25. The quantitative estimate of drug-likeness (QED) is 0.193. The average Bonchev–Trinajstić information content (AvgIpc) is 2.90. The lowest BCUT2D eigenvalue weighted by atomic mass is 9.93. The molecule has 2 atom stereocenters. The lowest BCUT2D eigenvalue weighted by molar-refractivity contribution is -0.139. The number of hydrogen-bond acceptors (Lipinski definition) is 4. The maximum atomic E-state index is 15.6. The second-order valence-corrected chi connectivity index (χ2v) is 12.6. The highest BCUT2D eigenvalue weighted by molar-refractivity contribution is 6.39. The van der Waals surface area contributed by atoms with E-state index in [1.54, 1.807) is 32.8 Å². The zero-order valence-electron chi connectivity index (χ0n) is 25.7. The molecule has 1 amide bonds. The van der Waals surface area contributed by atoms with Crippen molar-refractivity contribution in [3.05, 3.63) is 90.8 Å². The number of hydrogen-bond donors (Lipinski definition) is 2. The first kappa shape index (κ1) is 37.0. The van der Waals surface area contributed by atoms with E-state index < -0.39 is 59.3 Å². The van der Waals surface area contributed by atoms with E-state index in [1.807, 2.05) is 0 Å². The molecule has 14 heteroatoms. The van der Waals surface area contributed by atoms with Crippen LogP contribution in [0.5, 0.6) is 0 Å². The minimum atomic E-state index is -4.82. The normalized spacial score (nSPS) is 13.3. The second kappa shape index (κ2) is 15.0. The van der Waals surface area contributed by atoms with E-state index in [2.05, 4.69) is 5.32 Å². The van der Waals surface area contributed by atoms with Gasteiger partial charge in [0.15, 0.2) is 0 Å². The molecule has 0 saturated heterocycles. The molecule has 0 fully saturated rings. The molecular weight excluding hydrogens is 656 g/mol. The standard InChI is InChI=1S/C32H34Cl2F5N3O4/c1-16(2)8-26(42-15-18(6-7-41(4)5)22(13-27(42)43)32(37,38)39)31(46)40-25(14-28(44)45)21-10-19(9-17(3)30(21)36)29-23(33)11-20(35)12-24(29)34/h9-13,15-16,25-26H,6-8,14H2,1-5H3,(H,40,46)(H,44,45)/t25-,26?/m0/s1. The van der Waals surface area contributed by atoms with Gasteiger partial charge in [0.1, 0.15) is 17.7 Å². The highest BCUT2D eigenvalue weighted by atomic mass is 35.5. The molecule has 46 heavy (non-hydrogen) atoms. The van der Waals surface area contributed by atoms with Crippen molar-refractivity contribution in [2.45, 2.75) is 58.3 Å². The third-order valence-corrected chi connectivity index (χ3v) is 7.88. The van der Waals surface area contributed by atoms with Crippen molar-refractivity contribution in [1.82, 2.24) is 14.8 Å². The minimum Gasteiger partial charge on any atom is -0.481 e. The van der Waals surface area contributed by atoms with Gasteiger partial charge in [-0.25, -0.2) is 8.78 Å². The lowest BCUT2D eigenvalue weighted by Crippen LogP contribution is -2.41. The number of carboxylic acid groups (broad SMARTS) is 1. The molecule has 3 aromatic rings. The number of amides is 1. The van der Waals surface area contributed by atoms with Gasteiger partial charge in [0.25, 0.3) is 5.56 Å². The van der Waals surface area contributed by atoms with Gasteiger partial charge in [0.2, 0.25) is 5.91 Å². The van der Waals surface area contributed by atoms with Gasteiger partial charge in [-0.1, -0.05) is 37.0 Å². The maximum absolute atomic E-state index is 15.6. The molecule has 0 spiro atoms. The molecule has 0 aliphatic heterocycles. The molecule has 0 saturated carbocycles. The molecule has 0 bridgehead atoms. The van der Waals surface area contributed by atoms with Crippen molar-refractivity contribution in [2.24, 2.45) is 5.92 Å². The van der Waals surface area contributed by atoms with Gasteiger partial charge >= 0.3 is 12.1 Å². The Morgan fingerprint density at radius 1 is 1.04 bits per heavy atom. The molecule has 0 aliphatic carbocycles. The lowest BCUT2D eigenvalue weighted by Gasteiger charge is -2.27. The summed E-state index contributed by atoms with van der Waals surface area (Å²) in [6.45, 7) is 5.09. The van der Waals surface area contributed by atoms with Crippen LogP contribution in [0.1, 0.15) is 61.0 Å². The molecular formula is C32H34Cl2F5N3O4. The molecule has 2 N–H and O–H groups in total. The van der Waals surface area contributed by atoms with E-state index in [9.17, 15) is 37.1 Å².